The molecule has 2 rings (SSSR count). The summed E-state index contributed by atoms with van der Waals surface area (Å²) in [5, 5.41) is 5.10. The topological polar surface area (TPSA) is 61.4 Å². The lowest BCUT2D eigenvalue weighted by Gasteiger charge is -2.36. The van der Waals surface area contributed by atoms with Gasteiger partial charge >= 0.3 is 6.03 Å². The summed E-state index contributed by atoms with van der Waals surface area (Å²) in [5.74, 6) is -0.266. The van der Waals surface area contributed by atoms with Gasteiger partial charge in [-0.1, -0.05) is 31.5 Å². The fraction of sp³-hybridized carbons (Fsp3) is 0.529. The minimum atomic E-state index is -0.406. The summed E-state index contributed by atoms with van der Waals surface area (Å²) in [6.45, 7) is 4.97. The Labute approximate surface area is 132 Å². The fourth-order valence-corrected chi connectivity index (χ4v) is 2.74. The average Bonchev–Trinajstić information content (AvgIpc) is 2.50. The molecule has 0 saturated carbocycles. The number of urea groups is 1. The third kappa shape index (κ3) is 4.23. The van der Waals surface area contributed by atoms with Crippen molar-refractivity contribution in [3.8, 4) is 0 Å². The van der Waals surface area contributed by atoms with E-state index >= 15 is 0 Å². The largest absolute Gasteiger partial charge is 0.359 e. The molecule has 0 aliphatic carbocycles. The second-order valence-electron chi connectivity index (χ2n) is 5.80. The Kier molecular flexibility index (Phi) is 5.81. The van der Waals surface area contributed by atoms with Crippen LogP contribution >= 0.6 is 0 Å². The molecule has 1 aromatic carbocycles. The Hall–Kier alpha value is -2.04. The number of hydrogen-bond donors (Lipinski definition) is 2. The Bertz CT molecular complexity index is 530. The Morgan fingerprint density at radius 1 is 1.32 bits per heavy atom. The molecule has 1 aromatic rings. The Morgan fingerprint density at radius 2 is 2.09 bits per heavy atom. The maximum absolute atomic E-state index is 12.1. The first kappa shape index (κ1) is 16.3. The smallest absolute Gasteiger partial charge is 0.321 e. The summed E-state index contributed by atoms with van der Waals surface area (Å²) in [6, 6.07) is 8.04. The van der Waals surface area contributed by atoms with Crippen LogP contribution in [0, 0.1) is 0 Å². The second kappa shape index (κ2) is 7.82. The summed E-state index contributed by atoms with van der Waals surface area (Å²) in [5.41, 5.74) is 2.36. The summed E-state index contributed by atoms with van der Waals surface area (Å²) < 4.78 is 0. The van der Waals surface area contributed by atoms with E-state index in [4.69, 9.17) is 0 Å². The minimum Gasteiger partial charge on any atom is -0.359 e. The molecule has 0 fully saturated rings. The van der Waals surface area contributed by atoms with Gasteiger partial charge in [0, 0.05) is 18.3 Å². The Balaban J connectivity index is 1.92. The molecule has 2 N–H and O–H groups in total. The predicted octanol–water partition coefficient (Wildman–Crippen LogP) is 2.45. The van der Waals surface area contributed by atoms with Crippen molar-refractivity contribution in [1.82, 2.24) is 10.6 Å². The first-order valence-corrected chi connectivity index (χ1v) is 8.04. The van der Waals surface area contributed by atoms with E-state index in [1.165, 1.54) is 5.56 Å². The van der Waals surface area contributed by atoms with Crippen molar-refractivity contribution in [2.75, 3.05) is 18.0 Å². The second-order valence-corrected chi connectivity index (χ2v) is 5.80. The lowest BCUT2D eigenvalue weighted by Crippen LogP contribution is -2.48. The standard InChI is InChI=1S/C17H25N3O2/c1-3-4-11-18-17(22)19-16(21)12-20-13(2)9-10-14-7-5-6-8-15(14)20/h5-8,13H,3-4,9-12H2,1-2H3,(H2,18,19,21,22)/t13-/m0/s1. The van der Waals surface area contributed by atoms with Crippen molar-refractivity contribution in [3.63, 3.8) is 0 Å². The van der Waals surface area contributed by atoms with Gasteiger partial charge in [0.1, 0.15) is 0 Å². The number of carbonyl (C=O) groups excluding carboxylic acids is 2. The number of amides is 3. The van der Waals surface area contributed by atoms with Gasteiger partial charge in [-0.25, -0.2) is 4.79 Å². The van der Waals surface area contributed by atoms with Crippen LogP contribution in [-0.2, 0) is 11.2 Å². The molecule has 0 saturated heterocycles. The highest BCUT2D eigenvalue weighted by Crippen LogP contribution is 2.29. The highest BCUT2D eigenvalue weighted by atomic mass is 16.2. The molecule has 120 valence electrons. The number of fused-ring (bicyclic) bond motifs is 1. The van der Waals surface area contributed by atoms with E-state index in [-0.39, 0.29) is 12.5 Å². The molecule has 0 unspecified atom stereocenters. The van der Waals surface area contributed by atoms with Crippen LogP contribution < -0.4 is 15.5 Å². The highest BCUT2D eigenvalue weighted by Gasteiger charge is 2.24. The van der Waals surface area contributed by atoms with Crippen molar-refractivity contribution in [2.45, 2.75) is 45.6 Å². The number of nitrogens with zero attached hydrogens (tertiary/aromatic N) is 1. The molecule has 0 bridgehead atoms. The zero-order valence-electron chi connectivity index (χ0n) is 13.4. The van der Waals surface area contributed by atoms with Gasteiger partial charge in [0.05, 0.1) is 6.54 Å². The van der Waals surface area contributed by atoms with E-state index in [9.17, 15) is 9.59 Å². The highest BCUT2D eigenvalue weighted by molar-refractivity contribution is 5.96. The van der Waals surface area contributed by atoms with Gasteiger partial charge in [0.2, 0.25) is 5.91 Å². The normalized spacial score (nSPS) is 16.8. The molecular weight excluding hydrogens is 278 g/mol. The molecule has 1 atom stereocenters. The van der Waals surface area contributed by atoms with Crippen molar-refractivity contribution in [2.24, 2.45) is 0 Å². The summed E-state index contributed by atoms with van der Waals surface area (Å²) >= 11 is 0. The van der Waals surface area contributed by atoms with Crippen molar-refractivity contribution < 1.29 is 9.59 Å². The van der Waals surface area contributed by atoms with Gasteiger partial charge < -0.3 is 10.2 Å². The molecule has 3 amide bonds. The fourth-order valence-electron chi connectivity index (χ4n) is 2.74. The van der Waals surface area contributed by atoms with Gasteiger partial charge in [-0.2, -0.15) is 0 Å². The maximum Gasteiger partial charge on any atom is 0.321 e. The Morgan fingerprint density at radius 3 is 2.86 bits per heavy atom. The molecule has 5 nitrogen and oxygen atoms in total. The van der Waals surface area contributed by atoms with Crippen molar-refractivity contribution in [3.05, 3.63) is 29.8 Å². The van der Waals surface area contributed by atoms with Crippen LogP contribution in [0.5, 0.6) is 0 Å². The quantitative estimate of drug-likeness (QED) is 0.821. The number of nitrogens with one attached hydrogen (secondary N) is 2. The number of carbonyl (C=O) groups is 2. The van der Waals surface area contributed by atoms with Crippen LogP contribution in [0.15, 0.2) is 24.3 Å². The van der Waals surface area contributed by atoms with Crippen LogP contribution in [0.25, 0.3) is 0 Å². The van der Waals surface area contributed by atoms with Crippen molar-refractivity contribution in [1.29, 1.82) is 0 Å². The van der Waals surface area contributed by atoms with Gasteiger partial charge in [-0.3, -0.25) is 10.1 Å². The van der Waals surface area contributed by atoms with E-state index in [0.717, 1.165) is 31.4 Å². The first-order chi connectivity index (χ1) is 10.6. The lowest BCUT2D eigenvalue weighted by molar-refractivity contribution is -0.118. The molecule has 22 heavy (non-hydrogen) atoms. The van der Waals surface area contributed by atoms with E-state index < -0.39 is 6.03 Å². The molecule has 0 aromatic heterocycles. The van der Waals surface area contributed by atoms with Crippen LogP contribution in [0.4, 0.5) is 10.5 Å². The monoisotopic (exact) mass is 303 g/mol. The molecule has 1 aliphatic rings. The number of benzene rings is 1. The number of hydrogen-bond acceptors (Lipinski definition) is 3. The number of imide groups is 1. The van der Waals surface area contributed by atoms with Crippen LogP contribution in [0.2, 0.25) is 0 Å². The van der Waals surface area contributed by atoms with Crippen LogP contribution in [-0.4, -0.2) is 31.1 Å². The SMILES string of the molecule is CCCCNC(=O)NC(=O)CN1c2ccccc2CC[C@@H]1C. The van der Waals surface area contributed by atoms with Gasteiger partial charge in [-0.15, -0.1) is 0 Å². The van der Waals surface area contributed by atoms with Gasteiger partial charge in [0.25, 0.3) is 0 Å². The van der Waals surface area contributed by atoms with Crippen LogP contribution in [0.1, 0.15) is 38.7 Å². The summed E-state index contributed by atoms with van der Waals surface area (Å²) in [7, 11) is 0. The molecule has 1 aliphatic heterocycles. The van der Waals surface area contributed by atoms with E-state index in [0.29, 0.717) is 12.6 Å². The third-order valence-corrected chi connectivity index (χ3v) is 4.05. The number of rotatable bonds is 5. The van der Waals surface area contributed by atoms with Gasteiger partial charge in [-0.05, 0) is 37.8 Å². The first-order valence-electron chi connectivity index (χ1n) is 8.04. The van der Waals surface area contributed by atoms with E-state index in [1.807, 2.05) is 18.2 Å². The zero-order valence-corrected chi connectivity index (χ0v) is 13.4. The number of para-hydroxylation sites is 1. The van der Waals surface area contributed by atoms with Crippen LogP contribution in [0.3, 0.4) is 0 Å². The molecule has 0 spiro atoms. The van der Waals surface area contributed by atoms with Gasteiger partial charge in [0.15, 0.2) is 0 Å². The van der Waals surface area contributed by atoms with E-state index in [2.05, 4.69) is 35.4 Å². The molecule has 1 heterocycles. The van der Waals surface area contributed by atoms with E-state index in [1.54, 1.807) is 0 Å². The van der Waals surface area contributed by atoms with Crippen molar-refractivity contribution >= 4 is 17.6 Å². The molecule has 5 heteroatoms. The summed E-state index contributed by atoms with van der Waals surface area (Å²) in [4.78, 5) is 25.8. The predicted molar refractivity (Wildman–Crippen MR) is 88.0 cm³/mol. The molecule has 0 radical (unpaired) electrons. The maximum atomic E-state index is 12.1. The average molecular weight is 303 g/mol. The molecular formula is C17H25N3O2. The zero-order chi connectivity index (χ0) is 15.9. The number of aryl methyl sites for hydroxylation is 1. The lowest BCUT2D eigenvalue weighted by atomic mass is 9.97. The number of unbranched alkanes of at least 4 members (excludes halogenated alkanes) is 1. The number of anilines is 1. The summed E-state index contributed by atoms with van der Waals surface area (Å²) in [6.07, 6.45) is 3.98. The third-order valence-electron chi connectivity index (χ3n) is 4.05. The minimum absolute atomic E-state index is 0.208.